The van der Waals surface area contributed by atoms with Crippen LogP contribution < -0.4 is 16.6 Å². The number of nitrogens with zero attached hydrogens (tertiary/aromatic N) is 1. The van der Waals surface area contributed by atoms with Gasteiger partial charge in [0.1, 0.15) is 23.8 Å². The minimum Gasteiger partial charge on any atom is -0.364 e. The first kappa shape index (κ1) is 33.9. The van der Waals surface area contributed by atoms with Gasteiger partial charge in [-0.2, -0.15) is 8.62 Å². The molecule has 5 atom stereocenters. The molecule has 0 aliphatic carbocycles. The highest BCUT2D eigenvalue weighted by atomic mass is 33.1. The number of carbonyl (C=O) groups excluding carboxylic acids is 1. The summed E-state index contributed by atoms with van der Waals surface area (Å²) < 4.78 is 58.8. The molecule has 0 saturated carbocycles. The zero-order chi connectivity index (χ0) is 29.4. The van der Waals surface area contributed by atoms with Crippen LogP contribution in [0.1, 0.15) is 25.1 Å². The second-order valence-corrected chi connectivity index (χ2v) is 14.2. The molecule has 2 rings (SSSR count). The molecule has 1 aromatic rings. The molecule has 1 aliphatic heterocycles. The Morgan fingerprint density at radius 2 is 1.92 bits per heavy atom. The second kappa shape index (κ2) is 14.6. The van der Waals surface area contributed by atoms with Crippen LogP contribution in [-0.4, -0.2) is 72.6 Å². The standard InChI is InChI=1S/C16H24N3O15P3S2/c1-10(20)17-5-3-4-11-7-19(16(22)18-15(11)21)14-6-12(30-9-39-38-2)13(32-14)8-31-36(26,27)34-37(28,29)33-35(23,24)25/h7,12-14H,5-6,8-9H2,1-2H3,(H,17,20)(H,26,27)(H,28,29)(H,18,21,22)(H2,23,24,25)/t12-,13+,14+/m0/s1. The predicted octanol–water partition coefficient (Wildman–Crippen LogP) is 0.00890. The second-order valence-electron chi connectivity index (χ2n) is 7.28. The Morgan fingerprint density at radius 1 is 1.23 bits per heavy atom. The lowest BCUT2D eigenvalue weighted by Crippen LogP contribution is -2.33. The summed E-state index contributed by atoms with van der Waals surface area (Å²) in [5.74, 6) is 4.85. The van der Waals surface area contributed by atoms with Gasteiger partial charge in [0.2, 0.25) is 5.91 Å². The summed E-state index contributed by atoms with van der Waals surface area (Å²) in [6.45, 7) is 0.415. The van der Waals surface area contributed by atoms with Crippen LogP contribution in [0, 0.1) is 11.8 Å². The predicted molar refractivity (Wildman–Crippen MR) is 136 cm³/mol. The number of ether oxygens (including phenoxy) is 2. The molecule has 1 aromatic heterocycles. The molecule has 23 heteroatoms. The number of nitrogens with one attached hydrogen (secondary N) is 2. The van der Waals surface area contributed by atoms with E-state index in [2.05, 4.69) is 35.3 Å². The SMILES string of the molecule is CSSCO[C@H]1C[C@H](n2cc(C#CCNC(C)=O)c(=O)[nH]c2=O)O[C@@H]1COP(=O)(O)OP(=O)(O)OP(=O)(O)O. The fraction of sp³-hybridized carbons (Fsp3) is 0.562. The van der Waals surface area contributed by atoms with Crippen LogP contribution in [0.2, 0.25) is 0 Å². The maximum atomic E-state index is 12.5. The van der Waals surface area contributed by atoms with Crippen molar-refractivity contribution in [2.75, 3.05) is 25.3 Å². The van der Waals surface area contributed by atoms with Gasteiger partial charge in [-0.05, 0) is 6.26 Å². The van der Waals surface area contributed by atoms with E-state index in [0.717, 1.165) is 10.8 Å². The van der Waals surface area contributed by atoms with Crippen molar-refractivity contribution in [2.45, 2.75) is 31.8 Å². The van der Waals surface area contributed by atoms with Gasteiger partial charge in [-0.25, -0.2) is 18.5 Å². The first-order valence-corrected chi connectivity index (χ1v) is 17.6. The molecule has 0 aromatic carbocycles. The molecule has 0 bridgehead atoms. The Labute approximate surface area is 228 Å². The number of hydrogen-bond acceptors (Lipinski definition) is 13. The summed E-state index contributed by atoms with van der Waals surface area (Å²) >= 11 is 0. The maximum absolute atomic E-state index is 12.5. The first-order chi connectivity index (χ1) is 18.0. The van der Waals surface area contributed by atoms with Crippen molar-refractivity contribution >= 4 is 51.0 Å². The summed E-state index contributed by atoms with van der Waals surface area (Å²) in [5.41, 5.74) is -1.79. The number of aromatic nitrogens is 2. The smallest absolute Gasteiger partial charge is 0.364 e. The van der Waals surface area contributed by atoms with Crippen LogP contribution in [0.4, 0.5) is 0 Å². The minimum atomic E-state index is -5.72. The van der Waals surface area contributed by atoms with E-state index in [0.29, 0.717) is 0 Å². The Bertz CT molecular complexity index is 1350. The third-order valence-corrected chi connectivity index (χ3v) is 9.64. The van der Waals surface area contributed by atoms with E-state index < -0.39 is 59.8 Å². The van der Waals surface area contributed by atoms with Crippen molar-refractivity contribution in [1.82, 2.24) is 14.9 Å². The van der Waals surface area contributed by atoms with Crippen molar-refractivity contribution < 1.29 is 60.7 Å². The van der Waals surface area contributed by atoms with E-state index in [4.69, 9.17) is 19.3 Å². The number of H-pyrrole nitrogens is 1. The number of phosphoric ester groups is 1. The zero-order valence-corrected chi connectivity index (χ0v) is 24.3. The van der Waals surface area contributed by atoms with Crippen LogP contribution >= 0.6 is 45.1 Å². The fourth-order valence-electron chi connectivity index (χ4n) is 2.93. The molecule has 2 heterocycles. The van der Waals surface area contributed by atoms with Crippen LogP contribution in [-0.2, 0) is 41.1 Å². The quantitative estimate of drug-likeness (QED) is 0.0537. The summed E-state index contributed by atoms with van der Waals surface area (Å²) in [6.07, 6.45) is -0.257. The van der Waals surface area contributed by atoms with Crippen molar-refractivity contribution in [3.05, 3.63) is 32.6 Å². The molecule has 1 fully saturated rings. The van der Waals surface area contributed by atoms with Crippen molar-refractivity contribution in [1.29, 1.82) is 0 Å². The van der Waals surface area contributed by atoms with Gasteiger partial charge in [0, 0.05) is 19.5 Å². The van der Waals surface area contributed by atoms with Gasteiger partial charge in [0.15, 0.2) is 0 Å². The molecular formula is C16H24N3O15P3S2. The minimum absolute atomic E-state index is 0.0237. The highest BCUT2D eigenvalue weighted by molar-refractivity contribution is 8.76. The van der Waals surface area contributed by atoms with Gasteiger partial charge in [0.05, 0.1) is 19.3 Å². The number of rotatable bonds is 13. The van der Waals surface area contributed by atoms with Crippen molar-refractivity contribution in [3.63, 3.8) is 0 Å². The van der Waals surface area contributed by atoms with Crippen molar-refractivity contribution in [2.24, 2.45) is 0 Å². The first-order valence-electron chi connectivity index (χ1n) is 10.3. The van der Waals surface area contributed by atoms with Gasteiger partial charge >= 0.3 is 29.2 Å². The number of phosphoric acid groups is 3. The van der Waals surface area contributed by atoms with E-state index in [1.54, 1.807) is 6.26 Å². The van der Waals surface area contributed by atoms with E-state index in [9.17, 15) is 37.9 Å². The van der Waals surface area contributed by atoms with Crippen LogP contribution in [0.25, 0.3) is 0 Å². The van der Waals surface area contributed by atoms with Crippen LogP contribution in [0.15, 0.2) is 15.8 Å². The molecule has 0 radical (unpaired) electrons. The molecule has 1 saturated heterocycles. The molecule has 220 valence electrons. The van der Waals surface area contributed by atoms with E-state index in [-0.39, 0.29) is 30.4 Å². The summed E-state index contributed by atoms with van der Waals surface area (Å²) in [6, 6.07) is 0. The normalized spacial score (nSPS) is 22.4. The lowest BCUT2D eigenvalue weighted by molar-refractivity contribution is -0.118. The van der Waals surface area contributed by atoms with Gasteiger partial charge < -0.3 is 34.4 Å². The highest BCUT2D eigenvalue weighted by Gasteiger charge is 2.43. The largest absolute Gasteiger partial charge is 0.490 e. The van der Waals surface area contributed by atoms with Gasteiger partial charge in [-0.3, -0.25) is 23.7 Å². The number of aromatic amines is 1. The summed E-state index contributed by atoms with van der Waals surface area (Å²) in [5, 5.41) is 2.42. The lowest BCUT2D eigenvalue weighted by Gasteiger charge is -2.21. The maximum Gasteiger partial charge on any atom is 0.490 e. The average molecular weight is 655 g/mol. The third kappa shape index (κ3) is 12.0. The molecule has 2 unspecified atom stereocenters. The van der Waals surface area contributed by atoms with Crippen molar-refractivity contribution in [3.8, 4) is 11.8 Å². The van der Waals surface area contributed by atoms with Gasteiger partial charge in [-0.1, -0.05) is 33.4 Å². The lowest BCUT2D eigenvalue weighted by atomic mass is 10.2. The number of amides is 1. The Hall–Kier alpha value is -1.26. The Morgan fingerprint density at radius 3 is 2.54 bits per heavy atom. The molecule has 18 nitrogen and oxygen atoms in total. The van der Waals surface area contributed by atoms with Crippen LogP contribution in [0.3, 0.4) is 0 Å². The molecule has 6 N–H and O–H groups in total. The third-order valence-electron chi connectivity index (χ3n) is 4.37. The summed E-state index contributed by atoms with van der Waals surface area (Å²) in [4.78, 5) is 73.9. The van der Waals surface area contributed by atoms with E-state index >= 15 is 0 Å². The Kier molecular flexibility index (Phi) is 12.7. The van der Waals surface area contributed by atoms with Gasteiger partial charge in [0.25, 0.3) is 5.56 Å². The number of hydrogen-bond donors (Lipinski definition) is 6. The fourth-order valence-corrected chi connectivity index (χ4v) is 6.74. The monoisotopic (exact) mass is 655 g/mol. The van der Waals surface area contributed by atoms with E-state index in [1.165, 1.54) is 28.5 Å². The highest BCUT2D eigenvalue weighted by Crippen LogP contribution is 2.66. The molecule has 1 amide bonds. The van der Waals surface area contributed by atoms with Crippen LogP contribution in [0.5, 0.6) is 0 Å². The average Bonchev–Trinajstić information content (AvgIpc) is 3.17. The van der Waals surface area contributed by atoms with E-state index in [1.807, 2.05) is 0 Å². The topological polar surface area (TPSA) is 262 Å². The molecule has 1 aliphatic rings. The summed E-state index contributed by atoms with van der Waals surface area (Å²) in [7, 11) is -14.1. The molecule has 0 spiro atoms. The zero-order valence-electron chi connectivity index (χ0n) is 20.0. The van der Waals surface area contributed by atoms with Gasteiger partial charge in [-0.15, -0.1) is 0 Å². The molecule has 39 heavy (non-hydrogen) atoms. The molecular weight excluding hydrogens is 631 g/mol. The number of carbonyl (C=O) groups is 1. The Balaban J connectivity index is 2.21.